The topological polar surface area (TPSA) is 59.7 Å². The molecule has 0 saturated heterocycles. The predicted octanol–water partition coefficient (Wildman–Crippen LogP) is 4.23. The molecule has 1 aliphatic heterocycles. The summed E-state index contributed by atoms with van der Waals surface area (Å²) >= 11 is 0. The second kappa shape index (κ2) is 9.34. The molecule has 0 spiro atoms. The summed E-state index contributed by atoms with van der Waals surface area (Å²) in [4.78, 5) is 24.0. The van der Waals surface area contributed by atoms with Crippen molar-refractivity contribution in [2.45, 2.75) is 39.9 Å². The Morgan fingerprint density at radius 2 is 2.06 bits per heavy atom. The van der Waals surface area contributed by atoms with E-state index in [9.17, 15) is 13.6 Å². The van der Waals surface area contributed by atoms with Crippen molar-refractivity contribution in [3.63, 3.8) is 0 Å². The van der Waals surface area contributed by atoms with Crippen LogP contribution in [0.2, 0.25) is 0 Å². The minimum Gasteiger partial charge on any atom is -0.382 e. The number of benzene rings is 1. The highest BCUT2D eigenvalue weighted by Crippen LogP contribution is 2.26. The lowest BCUT2D eigenvalue weighted by Crippen LogP contribution is -2.49. The molecule has 0 aliphatic carbocycles. The zero-order valence-corrected chi connectivity index (χ0v) is 18.2. The van der Waals surface area contributed by atoms with Gasteiger partial charge in [-0.1, -0.05) is 18.7 Å². The first-order chi connectivity index (χ1) is 14.7. The summed E-state index contributed by atoms with van der Waals surface area (Å²) in [5, 5.41) is 0. The first-order valence-corrected chi connectivity index (χ1v) is 9.91. The summed E-state index contributed by atoms with van der Waals surface area (Å²) in [6, 6.07) is 3.34. The molecule has 2 heterocycles. The van der Waals surface area contributed by atoms with Crippen LogP contribution in [0, 0.1) is 11.6 Å². The van der Waals surface area contributed by atoms with Gasteiger partial charge in [-0.05, 0) is 44.0 Å². The van der Waals surface area contributed by atoms with Gasteiger partial charge in [0.2, 0.25) is 0 Å². The molecule has 31 heavy (non-hydrogen) atoms. The minimum atomic E-state index is -0.948. The fourth-order valence-electron chi connectivity index (χ4n) is 3.50. The van der Waals surface area contributed by atoms with E-state index in [1.54, 1.807) is 28.8 Å². The number of methoxy groups -OCH3 is 1. The highest BCUT2D eigenvalue weighted by atomic mass is 19.2. The lowest BCUT2D eigenvalue weighted by molar-refractivity contribution is 0.0379. The van der Waals surface area contributed by atoms with E-state index in [1.165, 1.54) is 6.07 Å². The lowest BCUT2D eigenvalue weighted by Gasteiger charge is -2.35. The van der Waals surface area contributed by atoms with Crippen LogP contribution in [0.3, 0.4) is 0 Å². The van der Waals surface area contributed by atoms with Crippen LogP contribution in [0.1, 0.15) is 42.6 Å². The maximum absolute atomic E-state index is 13.7. The fraction of sp³-hybridized carbons (Fsp3) is 0.348. The monoisotopic (exact) mass is 428 g/mol. The van der Waals surface area contributed by atoms with Crippen LogP contribution in [0.15, 0.2) is 47.6 Å². The molecular weight excluding hydrogens is 402 g/mol. The zero-order chi connectivity index (χ0) is 22.7. The molecule has 164 valence electrons. The smallest absolute Gasteiger partial charge is 0.290 e. The predicted molar refractivity (Wildman–Crippen MR) is 116 cm³/mol. The van der Waals surface area contributed by atoms with Gasteiger partial charge in [0.05, 0.1) is 18.3 Å². The number of nitrogens with zero attached hydrogens (tertiary/aromatic N) is 4. The van der Waals surface area contributed by atoms with E-state index >= 15 is 0 Å². The Morgan fingerprint density at radius 1 is 1.32 bits per heavy atom. The van der Waals surface area contributed by atoms with E-state index in [4.69, 9.17) is 4.74 Å². The number of hydrogen-bond donors (Lipinski definition) is 0. The molecule has 0 saturated carbocycles. The van der Waals surface area contributed by atoms with Crippen molar-refractivity contribution in [3.05, 3.63) is 71.3 Å². The van der Waals surface area contributed by atoms with E-state index in [0.717, 1.165) is 23.4 Å². The third-order valence-electron chi connectivity index (χ3n) is 5.03. The summed E-state index contributed by atoms with van der Waals surface area (Å²) in [6.07, 6.45) is 3.50. The van der Waals surface area contributed by atoms with Gasteiger partial charge >= 0.3 is 0 Å². The SMILES string of the molecule is C=C/C(C)=C(\N=C(C)C)c1cn2c(n1)C(=O)N(Cc1ccc(F)c(F)c1)C(COC)C2. The van der Waals surface area contributed by atoms with Gasteiger partial charge in [0.15, 0.2) is 17.5 Å². The van der Waals surface area contributed by atoms with E-state index in [2.05, 4.69) is 16.6 Å². The van der Waals surface area contributed by atoms with E-state index in [1.807, 2.05) is 20.8 Å². The molecule has 6 nitrogen and oxygen atoms in total. The summed E-state index contributed by atoms with van der Waals surface area (Å²) in [6.45, 7) is 10.3. The molecule has 2 aromatic rings. The molecule has 1 atom stereocenters. The van der Waals surface area contributed by atoms with Crippen LogP contribution in [0.25, 0.3) is 5.70 Å². The van der Waals surface area contributed by atoms with Crippen molar-refractivity contribution in [3.8, 4) is 0 Å². The quantitative estimate of drug-likeness (QED) is 0.490. The van der Waals surface area contributed by atoms with Crippen LogP contribution in [-0.4, -0.2) is 45.8 Å². The van der Waals surface area contributed by atoms with Crippen LogP contribution in [0.4, 0.5) is 8.78 Å². The fourth-order valence-corrected chi connectivity index (χ4v) is 3.50. The molecule has 1 aromatic carbocycles. The average molecular weight is 428 g/mol. The second-order valence-corrected chi connectivity index (χ2v) is 7.69. The van der Waals surface area contributed by atoms with Crippen molar-refractivity contribution in [1.29, 1.82) is 0 Å². The van der Waals surface area contributed by atoms with Crippen LogP contribution in [0.5, 0.6) is 0 Å². The number of aromatic nitrogens is 2. The van der Waals surface area contributed by atoms with Gasteiger partial charge in [-0.2, -0.15) is 0 Å². The third kappa shape index (κ3) is 4.80. The Bertz CT molecular complexity index is 1070. The highest BCUT2D eigenvalue weighted by molar-refractivity contribution is 5.93. The average Bonchev–Trinajstić information content (AvgIpc) is 3.15. The van der Waals surface area contributed by atoms with Crippen molar-refractivity contribution >= 4 is 17.3 Å². The lowest BCUT2D eigenvalue weighted by atomic mass is 10.1. The largest absolute Gasteiger partial charge is 0.382 e. The number of carbonyl (C=O) groups is 1. The Hall–Kier alpha value is -3.13. The van der Waals surface area contributed by atoms with Crippen molar-refractivity contribution in [1.82, 2.24) is 14.5 Å². The number of amides is 1. The normalized spacial score (nSPS) is 16.6. The van der Waals surface area contributed by atoms with Crippen LogP contribution in [-0.2, 0) is 17.8 Å². The zero-order valence-electron chi connectivity index (χ0n) is 18.2. The molecule has 0 bridgehead atoms. The maximum atomic E-state index is 13.7. The molecule has 0 N–H and O–H groups in total. The number of rotatable bonds is 7. The van der Waals surface area contributed by atoms with Gasteiger partial charge in [-0.3, -0.25) is 9.79 Å². The van der Waals surface area contributed by atoms with Crippen molar-refractivity contribution in [2.24, 2.45) is 4.99 Å². The number of fused-ring (bicyclic) bond motifs is 1. The molecular formula is C23H26F2N4O2. The Morgan fingerprint density at radius 3 is 2.68 bits per heavy atom. The number of hydrogen-bond acceptors (Lipinski definition) is 4. The number of halogens is 2. The Balaban J connectivity index is 2.00. The summed E-state index contributed by atoms with van der Waals surface area (Å²) in [5.74, 6) is -1.91. The molecule has 0 fully saturated rings. The van der Waals surface area contributed by atoms with Crippen LogP contribution < -0.4 is 0 Å². The third-order valence-corrected chi connectivity index (χ3v) is 5.03. The van der Waals surface area contributed by atoms with Crippen LogP contribution >= 0.6 is 0 Å². The molecule has 0 radical (unpaired) electrons. The Labute approximate surface area is 180 Å². The number of imidazole rings is 1. The van der Waals surface area contributed by atoms with Gasteiger partial charge in [0, 0.05) is 32.1 Å². The summed E-state index contributed by atoms with van der Waals surface area (Å²) < 4.78 is 34.1. The van der Waals surface area contributed by atoms with Gasteiger partial charge in [-0.15, -0.1) is 0 Å². The van der Waals surface area contributed by atoms with E-state index < -0.39 is 11.6 Å². The molecule has 1 aliphatic rings. The van der Waals surface area contributed by atoms with Gasteiger partial charge in [0.1, 0.15) is 5.69 Å². The second-order valence-electron chi connectivity index (χ2n) is 7.69. The van der Waals surface area contributed by atoms with Gasteiger partial charge in [0.25, 0.3) is 5.91 Å². The number of carbonyl (C=O) groups excluding carboxylic acids is 1. The van der Waals surface area contributed by atoms with Gasteiger partial charge in [-0.25, -0.2) is 13.8 Å². The van der Waals surface area contributed by atoms with Gasteiger partial charge < -0.3 is 14.2 Å². The minimum absolute atomic E-state index is 0.118. The Kier molecular flexibility index (Phi) is 6.80. The summed E-state index contributed by atoms with van der Waals surface area (Å²) in [7, 11) is 1.56. The molecule has 8 heteroatoms. The summed E-state index contributed by atoms with van der Waals surface area (Å²) in [5.41, 5.74) is 3.41. The highest BCUT2D eigenvalue weighted by Gasteiger charge is 2.34. The first-order valence-electron chi connectivity index (χ1n) is 9.91. The maximum Gasteiger partial charge on any atom is 0.290 e. The van der Waals surface area contributed by atoms with Crippen molar-refractivity contribution in [2.75, 3.05) is 13.7 Å². The molecule has 1 aromatic heterocycles. The van der Waals surface area contributed by atoms with E-state index in [-0.39, 0.29) is 24.3 Å². The standard InChI is InChI=1S/C23H26F2N4O2/c1-6-15(4)21(26-14(2)3)20-12-28-11-17(13-31-5)29(23(30)22(28)27-20)10-16-7-8-18(24)19(25)9-16/h6-9,12,17H,1,10-11,13H2,2-5H3/b21-15-. The first kappa shape index (κ1) is 22.6. The number of aliphatic imine (C=N–C) groups is 1. The number of allylic oxidation sites excluding steroid dienone is 2. The molecule has 1 amide bonds. The number of ether oxygens (including phenoxy) is 1. The van der Waals surface area contributed by atoms with Crippen molar-refractivity contribution < 1.29 is 18.3 Å². The molecule has 3 rings (SSSR count). The van der Waals surface area contributed by atoms with E-state index in [0.29, 0.717) is 30.1 Å². The molecule has 1 unspecified atom stereocenters.